The van der Waals surface area contributed by atoms with Crippen molar-refractivity contribution in [2.75, 3.05) is 12.0 Å². The molecule has 1 aromatic carbocycles. The Hall–Kier alpha value is -1.36. The van der Waals surface area contributed by atoms with Crippen molar-refractivity contribution in [2.24, 2.45) is 5.92 Å². The summed E-state index contributed by atoms with van der Waals surface area (Å²) in [5.41, 5.74) is 7.87. The third-order valence-electron chi connectivity index (χ3n) is 4.08. The van der Waals surface area contributed by atoms with Crippen molar-refractivity contribution < 1.29 is 13.2 Å². The van der Waals surface area contributed by atoms with Crippen LogP contribution in [0, 0.1) is 12.8 Å². The van der Waals surface area contributed by atoms with Crippen LogP contribution in [0.15, 0.2) is 18.2 Å². The van der Waals surface area contributed by atoms with E-state index in [0.29, 0.717) is 24.1 Å². The largest absolute Gasteiger partial charge is 0.398 e. The summed E-state index contributed by atoms with van der Waals surface area (Å²) in [6.45, 7) is 1.91. The number of aryl methyl sites for hydroxylation is 1. The molecule has 0 amide bonds. The topological polar surface area (TPSA) is 77.2 Å². The molecule has 4 nitrogen and oxygen atoms in total. The lowest BCUT2D eigenvalue weighted by Gasteiger charge is -2.27. The molecule has 1 saturated carbocycles. The summed E-state index contributed by atoms with van der Waals surface area (Å²) in [5.74, 6) is -0.243. The van der Waals surface area contributed by atoms with Gasteiger partial charge in [-0.2, -0.15) is 0 Å². The van der Waals surface area contributed by atoms with Crippen molar-refractivity contribution in [1.29, 1.82) is 0 Å². The van der Waals surface area contributed by atoms with Crippen LogP contribution < -0.4 is 5.73 Å². The summed E-state index contributed by atoms with van der Waals surface area (Å²) in [6.07, 6.45) is 3.86. The second-order valence-corrected chi connectivity index (χ2v) is 8.10. The van der Waals surface area contributed by atoms with Gasteiger partial charge in [0.25, 0.3) is 0 Å². The number of nitrogen functional groups attached to an aromatic ring is 1. The van der Waals surface area contributed by atoms with Gasteiger partial charge < -0.3 is 5.73 Å². The molecular weight excluding hydrogens is 274 g/mol. The molecule has 1 aliphatic rings. The van der Waals surface area contributed by atoms with Crippen LogP contribution >= 0.6 is 0 Å². The van der Waals surface area contributed by atoms with E-state index in [1.165, 1.54) is 6.26 Å². The number of sulfone groups is 1. The molecule has 1 aliphatic carbocycles. The van der Waals surface area contributed by atoms with Gasteiger partial charge in [-0.25, -0.2) is 8.42 Å². The summed E-state index contributed by atoms with van der Waals surface area (Å²) >= 11 is 0. The fraction of sp³-hybridized carbons (Fsp3) is 0.533. The second kappa shape index (κ2) is 5.56. The molecule has 2 atom stereocenters. The molecule has 0 spiro atoms. The molecule has 0 bridgehead atoms. The zero-order valence-corrected chi connectivity index (χ0v) is 12.7. The van der Waals surface area contributed by atoms with Crippen LogP contribution in [0.1, 0.15) is 41.6 Å². The van der Waals surface area contributed by atoms with E-state index < -0.39 is 15.1 Å². The molecule has 20 heavy (non-hydrogen) atoms. The first-order valence-corrected chi connectivity index (χ1v) is 8.83. The number of nitrogens with two attached hydrogens (primary N) is 1. The van der Waals surface area contributed by atoms with Crippen molar-refractivity contribution in [3.63, 3.8) is 0 Å². The van der Waals surface area contributed by atoms with Gasteiger partial charge in [0.05, 0.1) is 5.25 Å². The highest BCUT2D eigenvalue weighted by Crippen LogP contribution is 2.32. The lowest BCUT2D eigenvalue weighted by molar-refractivity contribution is 0.0892. The Morgan fingerprint density at radius 1 is 1.30 bits per heavy atom. The standard InChI is InChI=1S/C15H21NO3S/c1-10-6-7-14(16)13(8-10)15(17)11-4-3-5-12(9-11)20(2,18)19/h6-8,11-12H,3-5,9,16H2,1-2H3. The molecule has 0 radical (unpaired) electrons. The maximum atomic E-state index is 12.6. The Balaban J connectivity index is 2.23. The zero-order valence-electron chi connectivity index (χ0n) is 11.9. The molecule has 1 fully saturated rings. The Bertz CT molecular complexity index is 622. The van der Waals surface area contributed by atoms with Crippen LogP contribution in [-0.4, -0.2) is 25.7 Å². The van der Waals surface area contributed by atoms with E-state index in [4.69, 9.17) is 5.73 Å². The van der Waals surface area contributed by atoms with Gasteiger partial charge in [-0.05, 0) is 38.3 Å². The Morgan fingerprint density at radius 3 is 2.65 bits per heavy atom. The molecule has 0 saturated heterocycles. The maximum absolute atomic E-state index is 12.6. The minimum atomic E-state index is -3.08. The average molecular weight is 295 g/mol. The van der Waals surface area contributed by atoms with Gasteiger partial charge >= 0.3 is 0 Å². The number of benzene rings is 1. The fourth-order valence-electron chi connectivity index (χ4n) is 2.88. The fourth-order valence-corrected chi connectivity index (χ4v) is 4.05. The molecule has 1 aromatic rings. The second-order valence-electron chi connectivity index (χ2n) is 5.77. The van der Waals surface area contributed by atoms with Gasteiger partial charge in [0.15, 0.2) is 5.78 Å². The molecule has 110 valence electrons. The SMILES string of the molecule is Cc1ccc(N)c(C(=O)C2CCCC(S(C)(=O)=O)C2)c1. The van der Waals surface area contributed by atoms with Crippen molar-refractivity contribution in [1.82, 2.24) is 0 Å². The number of Topliss-reactive ketones (excluding diaryl/α,β-unsaturated/α-hetero) is 1. The van der Waals surface area contributed by atoms with Crippen molar-refractivity contribution in [3.8, 4) is 0 Å². The van der Waals surface area contributed by atoms with E-state index in [1.807, 2.05) is 13.0 Å². The van der Waals surface area contributed by atoms with Crippen LogP contribution in [0.25, 0.3) is 0 Å². The molecule has 2 unspecified atom stereocenters. The molecule has 0 aromatic heterocycles. The zero-order chi connectivity index (χ0) is 14.9. The Morgan fingerprint density at radius 2 is 2.00 bits per heavy atom. The van der Waals surface area contributed by atoms with Crippen LogP contribution in [0.5, 0.6) is 0 Å². The molecule has 5 heteroatoms. The minimum absolute atomic E-state index is 0.0143. The number of hydrogen-bond donors (Lipinski definition) is 1. The van der Waals surface area contributed by atoms with Crippen molar-refractivity contribution >= 4 is 21.3 Å². The number of anilines is 1. The lowest BCUT2D eigenvalue weighted by Crippen LogP contribution is -2.31. The smallest absolute Gasteiger partial charge is 0.168 e. The number of carbonyl (C=O) groups is 1. The van der Waals surface area contributed by atoms with Crippen molar-refractivity contribution in [3.05, 3.63) is 29.3 Å². The number of hydrogen-bond acceptors (Lipinski definition) is 4. The highest BCUT2D eigenvalue weighted by molar-refractivity contribution is 7.91. The summed E-state index contributed by atoms with van der Waals surface area (Å²) in [6, 6.07) is 5.40. The maximum Gasteiger partial charge on any atom is 0.168 e. The van der Waals surface area contributed by atoms with E-state index in [1.54, 1.807) is 12.1 Å². The number of carbonyl (C=O) groups excluding carboxylic acids is 1. The van der Waals surface area contributed by atoms with Crippen LogP contribution in [-0.2, 0) is 9.84 Å². The Kier molecular flexibility index (Phi) is 4.18. The van der Waals surface area contributed by atoms with Gasteiger partial charge in [0.2, 0.25) is 0 Å². The average Bonchev–Trinajstić information content (AvgIpc) is 2.40. The van der Waals surface area contributed by atoms with Gasteiger partial charge in [-0.15, -0.1) is 0 Å². The minimum Gasteiger partial charge on any atom is -0.398 e. The van der Waals surface area contributed by atoms with Crippen molar-refractivity contribution in [2.45, 2.75) is 37.9 Å². The first-order chi connectivity index (χ1) is 9.29. The molecule has 0 heterocycles. The summed E-state index contributed by atoms with van der Waals surface area (Å²) in [7, 11) is -3.08. The molecule has 0 aliphatic heterocycles. The van der Waals surface area contributed by atoms with Crippen LogP contribution in [0.4, 0.5) is 5.69 Å². The monoisotopic (exact) mass is 295 g/mol. The summed E-state index contributed by atoms with van der Waals surface area (Å²) in [4.78, 5) is 12.6. The van der Waals surface area contributed by atoms with E-state index >= 15 is 0 Å². The van der Waals surface area contributed by atoms with Gasteiger partial charge in [0, 0.05) is 23.4 Å². The summed E-state index contributed by atoms with van der Waals surface area (Å²) in [5, 5.41) is -0.392. The van der Waals surface area contributed by atoms with E-state index in [2.05, 4.69) is 0 Å². The predicted molar refractivity (Wildman–Crippen MR) is 80.5 cm³/mol. The predicted octanol–water partition coefficient (Wildman–Crippen LogP) is 2.36. The first-order valence-electron chi connectivity index (χ1n) is 6.88. The number of ketones is 1. The van der Waals surface area contributed by atoms with Crippen LogP contribution in [0.3, 0.4) is 0 Å². The normalized spacial score (nSPS) is 23.5. The first kappa shape index (κ1) is 15.0. The van der Waals surface area contributed by atoms with E-state index in [-0.39, 0.29) is 11.7 Å². The highest BCUT2D eigenvalue weighted by atomic mass is 32.2. The van der Waals surface area contributed by atoms with Gasteiger partial charge in [-0.3, -0.25) is 4.79 Å². The van der Waals surface area contributed by atoms with Gasteiger partial charge in [0.1, 0.15) is 9.84 Å². The number of rotatable bonds is 3. The summed E-state index contributed by atoms with van der Waals surface area (Å²) < 4.78 is 23.4. The quantitative estimate of drug-likeness (QED) is 0.686. The van der Waals surface area contributed by atoms with E-state index in [0.717, 1.165) is 18.4 Å². The molecule has 2 N–H and O–H groups in total. The third-order valence-corrected chi connectivity index (χ3v) is 5.72. The van der Waals surface area contributed by atoms with Gasteiger partial charge in [-0.1, -0.05) is 18.1 Å². The third kappa shape index (κ3) is 3.20. The van der Waals surface area contributed by atoms with Crippen LogP contribution in [0.2, 0.25) is 0 Å². The highest BCUT2D eigenvalue weighted by Gasteiger charge is 2.33. The molecular formula is C15H21NO3S. The lowest BCUT2D eigenvalue weighted by atomic mass is 9.83. The Labute approximate surface area is 120 Å². The van der Waals surface area contributed by atoms with E-state index in [9.17, 15) is 13.2 Å². The molecule has 2 rings (SSSR count).